The molecule has 0 radical (unpaired) electrons. The molecule has 0 aliphatic carbocycles. The summed E-state index contributed by atoms with van der Waals surface area (Å²) in [5.74, 6) is -0.565. The summed E-state index contributed by atoms with van der Waals surface area (Å²) in [6, 6.07) is 3.22. The summed E-state index contributed by atoms with van der Waals surface area (Å²) in [6.45, 7) is 2.83. The first kappa shape index (κ1) is 14.6. The van der Waals surface area contributed by atoms with E-state index < -0.39 is 6.61 Å². The molecule has 0 unspecified atom stereocenters. The van der Waals surface area contributed by atoms with Gasteiger partial charge >= 0.3 is 6.61 Å². The zero-order valence-corrected chi connectivity index (χ0v) is 11.3. The highest BCUT2D eigenvalue weighted by molar-refractivity contribution is 5.94. The van der Waals surface area contributed by atoms with Gasteiger partial charge in [0.15, 0.2) is 0 Å². The van der Waals surface area contributed by atoms with Crippen molar-refractivity contribution < 1.29 is 18.3 Å². The lowest BCUT2D eigenvalue weighted by Gasteiger charge is -2.42. The maximum Gasteiger partial charge on any atom is 0.388 e. The summed E-state index contributed by atoms with van der Waals surface area (Å²) in [6.07, 6.45) is 1.27. The average molecular weight is 285 g/mol. The van der Waals surface area contributed by atoms with Gasteiger partial charge in [-0.05, 0) is 19.9 Å². The van der Waals surface area contributed by atoms with Gasteiger partial charge in [-0.15, -0.1) is 0 Å². The molecule has 1 fully saturated rings. The molecule has 110 valence electrons. The summed E-state index contributed by atoms with van der Waals surface area (Å²) >= 11 is 0. The van der Waals surface area contributed by atoms with E-state index in [1.807, 2.05) is 0 Å². The number of rotatable bonds is 5. The fourth-order valence-corrected chi connectivity index (χ4v) is 2.00. The second-order valence-corrected chi connectivity index (χ2v) is 4.98. The van der Waals surface area contributed by atoms with Gasteiger partial charge in [0.1, 0.15) is 0 Å². The molecule has 2 heterocycles. The summed E-state index contributed by atoms with van der Waals surface area (Å²) in [5, 5.41) is 2.85. The van der Waals surface area contributed by atoms with Gasteiger partial charge in [-0.2, -0.15) is 8.78 Å². The number of amides is 1. The van der Waals surface area contributed by atoms with Gasteiger partial charge in [0, 0.05) is 37.0 Å². The van der Waals surface area contributed by atoms with Crippen molar-refractivity contribution in [2.75, 3.05) is 13.1 Å². The Balaban J connectivity index is 1.90. The Labute approximate surface area is 115 Å². The van der Waals surface area contributed by atoms with Crippen molar-refractivity contribution in [2.45, 2.75) is 32.5 Å². The molecule has 0 spiro atoms. The number of hydrogen-bond acceptors (Lipinski definition) is 4. The Morgan fingerprint density at radius 2 is 2.20 bits per heavy atom. The van der Waals surface area contributed by atoms with Gasteiger partial charge in [0.05, 0.1) is 6.04 Å². The molecular formula is C13H17F2N3O2. The lowest BCUT2D eigenvalue weighted by atomic mass is 10.1. The third kappa shape index (κ3) is 3.63. The number of likely N-dealkylation sites (tertiary alicyclic amines) is 1. The number of nitrogens with one attached hydrogen (secondary N) is 1. The fraction of sp³-hybridized carbons (Fsp3) is 0.538. The molecule has 1 aliphatic rings. The molecule has 1 aromatic heterocycles. The second kappa shape index (κ2) is 6.13. The molecule has 1 aliphatic heterocycles. The van der Waals surface area contributed by atoms with Crippen LogP contribution in [0.2, 0.25) is 0 Å². The lowest BCUT2D eigenvalue weighted by molar-refractivity contribution is -0.0529. The summed E-state index contributed by atoms with van der Waals surface area (Å²) < 4.78 is 28.3. The van der Waals surface area contributed by atoms with Crippen LogP contribution in [0.25, 0.3) is 0 Å². The van der Waals surface area contributed by atoms with Crippen molar-refractivity contribution in [3.05, 3.63) is 23.9 Å². The molecule has 20 heavy (non-hydrogen) atoms. The van der Waals surface area contributed by atoms with Gasteiger partial charge in [0.2, 0.25) is 5.88 Å². The van der Waals surface area contributed by atoms with E-state index in [9.17, 15) is 13.6 Å². The van der Waals surface area contributed by atoms with E-state index in [4.69, 9.17) is 0 Å². The second-order valence-electron chi connectivity index (χ2n) is 4.98. The maximum absolute atomic E-state index is 12.1. The maximum atomic E-state index is 12.1. The molecule has 2 rings (SSSR count). The zero-order valence-electron chi connectivity index (χ0n) is 11.3. The number of nitrogens with zero attached hydrogens (tertiary/aromatic N) is 2. The van der Waals surface area contributed by atoms with Crippen LogP contribution in [0.5, 0.6) is 5.88 Å². The van der Waals surface area contributed by atoms with Gasteiger partial charge in [0.25, 0.3) is 5.91 Å². The third-order valence-electron chi connectivity index (χ3n) is 3.18. The Morgan fingerprint density at radius 3 is 2.80 bits per heavy atom. The van der Waals surface area contributed by atoms with Crippen LogP contribution in [-0.2, 0) is 0 Å². The molecule has 5 nitrogen and oxygen atoms in total. The zero-order chi connectivity index (χ0) is 14.7. The third-order valence-corrected chi connectivity index (χ3v) is 3.18. The Hall–Kier alpha value is -1.76. The van der Waals surface area contributed by atoms with Crippen LogP contribution in [0, 0.1) is 0 Å². The number of hydrogen-bond donors (Lipinski definition) is 1. The molecule has 1 saturated heterocycles. The normalized spacial score (nSPS) is 16.3. The molecule has 0 saturated carbocycles. The predicted molar refractivity (Wildman–Crippen MR) is 68.8 cm³/mol. The molecule has 1 aromatic rings. The number of halogens is 2. The van der Waals surface area contributed by atoms with E-state index in [-0.39, 0.29) is 23.4 Å². The first-order valence-corrected chi connectivity index (χ1v) is 6.41. The summed E-state index contributed by atoms with van der Waals surface area (Å²) in [7, 11) is 0. The van der Waals surface area contributed by atoms with E-state index in [1.54, 1.807) is 0 Å². The Kier molecular flexibility index (Phi) is 4.49. The molecule has 7 heteroatoms. The minimum atomic E-state index is -2.95. The van der Waals surface area contributed by atoms with Crippen LogP contribution < -0.4 is 10.1 Å². The van der Waals surface area contributed by atoms with Gasteiger partial charge in [-0.25, -0.2) is 4.98 Å². The Bertz CT molecular complexity index is 476. The van der Waals surface area contributed by atoms with Crippen molar-refractivity contribution >= 4 is 5.91 Å². The minimum absolute atomic E-state index is 0.0949. The molecular weight excluding hydrogens is 268 g/mol. The van der Waals surface area contributed by atoms with Crippen molar-refractivity contribution in [3.8, 4) is 5.88 Å². The highest BCUT2D eigenvalue weighted by atomic mass is 19.3. The van der Waals surface area contributed by atoms with Crippen LogP contribution >= 0.6 is 0 Å². The molecule has 0 atom stereocenters. The minimum Gasteiger partial charge on any atom is -0.417 e. The van der Waals surface area contributed by atoms with E-state index in [0.29, 0.717) is 6.04 Å². The standard InChI is InChI=1S/C13H17F2N3O2/c1-8(2)18-6-10(7-18)17-12(19)9-3-4-16-11(5-9)20-13(14)15/h3-5,8,10,13H,6-7H2,1-2H3,(H,17,19). The van der Waals surface area contributed by atoms with Crippen molar-refractivity contribution in [2.24, 2.45) is 0 Å². The van der Waals surface area contributed by atoms with E-state index in [0.717, 1.165) is 13.1 Å². The van der Waals surface area contributed by atoms with Gasteiger partial charge in [-0.1, -0.05) is 0 Å². The van der Waals surface area contributed by atoms with Crippen LogP contribution in [0.15, 0.2) is 18.3 Å². The quantitative estimate of drug-likeness (QED) is 0.891. The number of carbonyl (C=O) groups excluding carboxylic acids is 1. The SMILES string of the molecule is CC(C)N1CC(NC(=O)c2ccnc(OC(F)F)c2)C1. The number of ether oxygens (including phenoxy) is 1. The van der Waals surface area contributed by atoms with Gasteiger partial charge < -0.3 is 10.1 Å². The lowest BCUT2D eigenvalue weighted by Crippen LogP contribution is -2.61. The van der Waals surface area contributed by atoms with Gasteiger partial charge in [-0.3, -0.25) is 9.69 Å². The number of carbonyl (C=O) groups is 1. The number of aromatic nitrogens is 1. The molecule has 0 aromatic carbocycles. The van der Waals surface area contributed by atoms with Crippen molar-refractivity contribution in [1.29, 1.82) is 0 Å². The smallest absolute Gasteiger partial charge is 0.388 e. The van der Waals surface area contributed by atoms with Crippen LogP contribution in [-0.4, -0.2) is 47.6 Å². The highest BCUT2D eigenvalue weighted by Gasteiger charge is 2.29. The van der Waals surface area contributed by atoms with Crippen LogP contribution in [0.3, 0.4) is 0 Å². The highest BCUT2D eigenvalue weighted by Crippen LogP contribution is 2.15. The average Bonchev–Trinajstić information content (AvgIpc) is 2.32. The number of pyridine rings is 1. The molecule has 1 amide bonds. The van der Waals surface area contributed by atoms with Crippen molar-refractivity contribution in [3.63, 3.8) is 0 Å². The Morgan fingerprint density at radius 1 is 1.50 bits per heavy atom. The monoisotopic (exact) mass is 285 g/mol. The van der Waals surface area contributed by atoms with E-state index in [1.165, 1.54) is 18.3 Å². The first-order chi connectivity index (χ1) is 9.45. The predicted octanol–water partition coefficient (Wildman–Crippen LogP) is 1.51. The topological polar surface area (TPSA) is 54.5 Å². The van der Waals surface area contributed by atoms with E-state index in [2.05, 4.69) is 33.8 Å². The summed E-state index contributed by atoms with van der Waals surface area (Å²) in [5.41, 5.74) is 0.263. The van der Waals surface area contributed by atoms with Crippen LogP contribution in [0.1, 0.15) is 24.2 Å². The van der Waals surface area contributed by atoms with Crippen LogP contribution in [0.4, 0.5) is 8.78 Å². The number of alkyl halides is 2. The van der Waals surface area contributed by atoms with Crippen molar-refractivity contribution in [1.82, 2.24) is 15.2 Å². The first-order valence-electron chi connectivity index (χ1n) is 6.41. The summed E-state index contributed by atoms with van der Waals surface area (Å²) in [4.78, 5) is 17.8. The van der Waals surface area contributed by atoms with E-state index >= 15 is 0 Å². The largest absolute Gasteiger partial charge is 0.417 e. The molecule has 1 N–H and O–H groups in total. The fourth-order valence-electron chi connectivity index (χ4n) is 2.00. The molecule has 0 bridgehead atoms.